The molecule has 3 nitrogen and oxygen atoms in total. The number of thioether (sulfide) groups is 1. The monoisotopic (exact) mass is 552 g/mol. The number of rotatable bonds is 12. The molecule has 1 heterocycles. The second-order valence-corrected chi connectivity index (χ2v) is 9.12. The number of esters is 1. The first-order valence-corrected chi connectivity index (χ1v) is 11.7. The second-order valence-electron chi connectivity index (χ2n) is 7.95. The lowest BCUT2D eigenvalue weighted by Gasteiger charge is -2.36. The number of hydrogen-bond donors (Lipinski definition) is 0. The van der Waals surface area contributed by atoms with Crippen molar-refractivity contribution in [3.05, 3.63) is 67.3 Å². The van der Waals surface area contributed by atoms with Gasteiger partial charge in [0.25, 0.3) is 0 Å². The van der Waals surface area contributed by atoms with Crippen molar-refractivity contribution in [3.8, 4) is 11.3 Å². The van der Waals surface area contributed by atoms with E-state index in [1.54, 1.807) is 24.3 Å². The molecule has 0 aliphatic carbocycles. The Morgan fingerprint density at radius 1 is 0.892 bits per heavy atom. The second kappa shape index (κ2) is 10.8. The van der Waals surface area contributed by atoms with Crippen LogP contribution in [0.3, 0.4) is 0 Å². The van der Waals surface area contributed by atoms with E-state index in [0.29, 0.717) is 39.5 Å². The standard InChI is InChI=1S/C25H20F8O3S/c1-2-21(34)35-12-10-22(26,27)24(30,31)25(32,33)23(28,29)11-13-37-18-9-8-17-14-19(36-20(17)15-18)16-6-4-3-5-7-16/h2-9,14-15H,1,10-13H2. The van der Waals surface area contributed by atoms with Gasteiger partial charge in [0.15, 0.2) is 0 Å². The summed E-state index contributed by atoms with van der Waals surface area (Å²) in [4.78, 5) is 11.1. The van der Waals surface area contributed by atoms with E-state index in [9.17, 15) is 39.9 Å². The lowest BCUT2D eigenvalue weighted by Crippen LogP contribution is -2.62. The van der Waals surface area contributed by atoms with Crippen molar-refractivity contribution >= 4 is 28.7 Å². The maximum absolute atomic E-state index is 14.2. The number of benzene rings is 2. The number of ether oxygens (including phenoxy) is 1. The number of fused-ring (bicyclic) bond motifs is 1. The Morgan fingerprint density at radius 3 is 2.14 bits per heavy atom. The van der Waals surface area contributed by atoms with Gasteiger partial charge in [-0.15, -0.1) is 11.8 Å². The molecule has 0 spiro atoms. The van der Waals surface area contributed by atoms with Gasteiger partial charge in [0, 0.05) is 34.1 Å². The number of alkyl halides is 8. The van der Waals surface area contributed by atoms with Gasteiger partial charge in [-0.1, -0.05) is 36.9 Å². The van der Waals surface area contributed by atoms with Crippen LogP contribution in [0, 0.1) is 0 Å². The van der Waals surface area contributed by atoms with Gasteiger partial charge in [0.2, 0.25) is 0 Å². The lowest BCUT2D eigenvalue weighted by molar-refractivity contribution is -0.367. The molecular formula is C25H20F8O3S. The summed E-state index contributed by atoms with van der Waals surface area (Å²) in [7, 11) is 0. The fourth-order valence-electron chi connectivity index (χ4n) is 3.26. The van der Waals surface area contributed by atoms with Gasteiger partial charge in [-0.3, -0.25) is 0 Å². The molecule has 0 fully saturated rings. The number of furan rings is 1. The van der Waals surface area contributed by atoms with Crippen LogP contribution < -0.4 is 0 Å². The quantitative estimate of drug-likeness (QED) is 0.0982. The van der Waals surface area contributed by atoms with E-state index < -0.39 is 54.9 Å². The Labute approximate surface area is 210 Å². The third-order valence-corrected chi connectivity index (χ3v) is 6.37. The van der Waals surface area contributed by atoms with Gasteiger partial charge in [0.05, 0.1) is 13.0 Å². The van der Waals surface area contributed by atoms with E-state index in [1.165, 1.54) is 12.1 Å². The first kappa shape index (κ1) is 28.5. The number of carbonyl (C=O) groups is 1. The van der Waals surface area contributed by atoms with Crippen LogP contribution in [0.25, 0.3) is 22.3 Å². The third kappa shape index (κ3) is 5.94. The summed E-state index contributed by atoms with van der Waals surface area (Å²) in [6.45, 7) is 1.54. The smallest absolute Gasteiger partial charge is 0.378 e. The molecule has 0 radical (unpaired) electrons. The minimum Gasteiger partial charge on any atom is -0.462 e. The van der Waals surface area contributed by atoms with Crippen molar-refractivity contribution in [1.29, 1.82) is 0 Å². The van der Waals surface area contributed by atoms with Crippen LogP contribution in [0.4, 0.5) is 35.1 Å². The molecule has 12 heteroatoms. The SMILES string of the molecule is C=CC(=O)OCCC(F)(F)C(F)(F)C(F)(F)C(F)(F)CCSc1ccc2cc(-c3ccccc3)oc2c1. The van der Waals surface area contributed by atoms with Crippen LogP contribution >= 0.6 is 11.8 Å². The Kier molecular flexibility index (Phi) is 8.31. The zero-order chi connectivity index (χ0) is 27.5. The normalized spacial score (nSPS) is 13.1. The molecule has 1 aromatic heterocycles. The summed E-state index contributed by atoms with van der Waals surface area (Å²) < 4.78 is 122. The molecule has 0 aliphatic heterocycles. The average Bonchev–Trinajstić information content (AvgIpc) is 3.27. The Morgan fingerprint density at radius 2 is 1.51 bits per heavy atom. The summed E-state index contributed by atoms with van der Waals surface area (Å²) in [5.41, 5.74) is 1.16. The first-order valence-electron chi connectivity index (χ1n) is 10.7. The van der Waals surface area contributed by atoms with Gasteiger partial charge in [-0.2, -0.15) is 35.1 Å². The average molecular weight is 552 g/mol. The molecule has 0 unspecified atom stereocenters. The number of halogens is 8. The lowest BCUT2D eigenvalue weighted by atomic mass is 9.95. The van der Waals surface area contributed by atoms with Crippen molar-refractivity contribution in [1.82, 2.24) is 0 Å². The van der Waals surface area contributed by atoms with Gasteiger partial charge < -0.3 is 9.15 Å². The number of hydrogen-bond acceptors (Lipinski definition) is 4. The zero-order valence-corrected chi connectivity index (χ0v) is 19.8. The van der Waals surface area contributed by atoms with E-state index in [0.717, 1.165) is 5.56 Å². The topological polar surface area (TPSA) is 39.4 Å². The highest BCUT2D eigenvalue weighted by Crippen LogP contribution is 2.54. The minimum atomic E-state index is -6.42. The molecule has 0 saturated heterocycles. The van der Waals surface area contributed by atoms with Crippen LogP contribution in [-0.2, 0) is 9.53 Å². The molecule has 0 aliphatic rings. The largest absolute Gasteiger partial charge is 0.462 e. The predicted octanol–water partition coefficient (Wildman–Crippen LogP) is 8.24. The van der Waals surface area contributed by atoms with E-state index in [-0.39, 0.29) is 0 Å². The molecule has 0 atom stereocenters. The Hall–Kier alpha value is -3.02. The van der Waals surface area contributed by atoms with Crippen LogP contribution in [0.15, 0.2) is 76.6 Å². The van der Waals surface area contributed by atoms with E-state index in [4.69, 9.17) is 4.42 Å². The van der Waals surface area contributed by atoms with E-state index >= 15 is 0 Å². The molecule has 2 aromatic carbocycles. The van der Waals surface area contributed by atoms with Gasteiger partial charge in [-0.25, -0.2) is 4.79 Å². The van der Waals surface area contributed by atoms with Crippen LogP contribution in [0.2, 0.25) is 0 Å². The highest BCUT2D eigenvalue weighted by Gasteiger charge is 2.79. The molecule has 0 saturated carbocycles. The highest BCUT2D eigenvalue weighted by atomic mass is 32.2. The maximum Gasteiger partial charge on any atom is 0.378 e. The summed E-state index contributed by atoms with van der Waals surface area (Å²) in [5.74, 6) is -25.4. The van der Waals surface area contributed by atoms with E-state index in [1.807, 2.05) is 18.2 Å². The van der Waals surface area contributed by atoms with Crippen LogP contribution in [-0.4, -0.2) is 42.0 Å². The minimum absolute atomic E-state index is 0.321. The molecule has 3 rings (SSSR count). The molecule has 3 aromatic rings. The third-order valence-electron chi connectivity index (χ3n) is 5.37. The Balaban J connectivity index is 1.66. The summed E-state index contributed by atoms with van der Waals surface area (Å²) in [6.07, 6.45) is -3.37. The first-order chi connectivity index (χ1) is 17.2. The van der Waals surface area contributed by atoms with E-state index in [2.05, 4.69) is 11.3 Å². The molecule has 0 amide bonds. The molecule has 0 N–H and O–H groups in total. The highest BCUT2D eigenvalue weighted by molar-refractivity contribution is 7.99. The zero-order valence-electron chi connectivity index (χ0n) is 19.0. The summed E-state index contributed by atoms with van der Waals surface area (Å²) >= 11 is 0.648. The summed E-state index contributed by atoms with van der Waals surface area (Å²) in [6, 6.07) is 15.4. The molecule has 0 bridgehead atoms. The fourth-order valence-corrected chi connectivity index (χ4v) is 4.20. The maximum atomic E-state index is 14.2. The summed E-state index contributed by atoms with van der Waals surface area (Å²) in [5, 5.41) is 0.681. The number of carbonyl (C=O) groups excluding carboxylic acids is 1. The fraction of sp³-hybridized carbons (Fsp3) is 0.320. The van der Waals surface area contributed by atoms with Gasteiger partial charge in [-0.05, 0) is 24.3 Å². The molecule has 200 valence electrons. The van der Waals surface area contributed by atoms with Crippen molar-refractivity contribution in [2.24, 2.45) is 0 Å². The van der Waals surface area contributed by atoms with Gasteiger partial charge >= 0.3 is 29.7 Å². The van der Waals surface area contributed by atoms with Crippen LogP contribution in [0.5, 0.6) is 0 Å². The molecule has 37 heavy (non-hydrogen) atoms. The Bertz CT molecular complexity index is 1240. The van der Waals surface area contributed by atoms with Crippen LogP contribution in [0.1, 0.15) is 12.8 Å². The van der Waals surface area contributed by atoms with Crippen molar-refractivity contribution in [2.75, 3.05) is 12.4 Å². The van der Waals surface area contributed by atoms with Crippen molar-refractivity contribution < 1.29 is 49.1 Å². The predicted molar refractivity (Wildman–Crippen MR) is 123 cm³/mol. The van der Waals surface area contributed by atoms with Gasteiger partial charge in [0.1, 0.15) is 11.3 Å². The van der Waals surface area contributed by atoms with Crippen molar-refractivity contribution in [3.63, 3.8) is 0 Å². The van der Waals surface area contributed by atoms with Crippen molar-refractivity contribution in [2.45, 2.75) is 41.4 Å². The molecular weight excluding hydrogens is 532 g/mol.